The molecule has 0 bridgehead atoms. The van der Waals surface area contributed by atoms with E-state index in [1.54, 1.807) is 25.2 Å². The Morgan fingerprint density at radius 2 is 1.85 bits per heavy atom. The number of nitrogens with one attached hydrogen (secondary N) is 1. The van der Waals surface area contributed by atoms with E-state index in [-0.39, 0.29) is 11.1 Å². The van der Waals surface area contributed by atoms with Crippen molar-refractivity contribution in [1.82, 2.24) is 34.7 Å². The normalized spacial score (nSPS) is 11.4. The Bertz CT molecular complexity index is 1940. The molecule has 6 aromatic rings. The number of unbranched alkanes of at least 4 members (excludes halogenated alkanes) is 1. The second-order valence-electron chi connectivity index (χ2n) is 9.81. The third-order valence-corrected chi connectivity index (χ3v) is 7.26. The van der Waals surface area contributed by atoms with Crippen LogP contribution in [0.5, 0.6) is 0 Å². The molecule has 3 aromatic carbocycles. The Morgan fingerprint density at radius 3 is 2.60 bits per heavy atom. The molecular formula is C30H27N7O3. The number of para-hydroxylation sites is 1. The van der Waals surface area contributed by atoms with Crippen LogP contribution in [0.25, 0.3) is 44.6 Å². The molecule has 200 valence electrons. The number of nitrogens with zero attached hydrogens (tertiary/aromatic N) is 6. The van der Waals surface area contributed by atoms with Crippen LogP contribution in [0.2, 0.25) is 0 Å². The van der Waals surface area contributed by atoms with Gasteiger partial charge in [-0.3, -0.25) is 9.36 Å². The number of hydrogen-bond acceptors (Lipinski definition) is 6. The van der Waals surface area contributed by atoms with Crippen LogP contribution in [0.15, 0.2) is 71.5 Å². The van der Waals surface area contributed by atoms with Crippen LogP contribution in [0, 0.1) is 0 Å². The number of fused-ring (bicyclic) bond motifs is 2. The predicted molar refractivity (Wildman–Crippen MR) is 152 cm³/mol. The van der Waals surface area contributed by atoms with Gasteiger partial charge in [0.2, 0.25) is 5.82 Å². The molecule has 0 saturated heterocycles. The van der Waals surface area contributed by atoms with Crippen molar-refractivity contribution in [3.8, 4) is 22.8 Å². The molecule has 0 saturated carbocycles. The highest BCUT2D eigenvalue weighted by Gasteiger charge is 2.19. The lowest BCUT2D eigenvalue weighted by molar-refractivity contribution is 0.0698. The summed E-state index contributed by atoms with van der Waals surface area (Å²) in [5, 5.41) is 25.7. The zero-order valence-electron chi connectivity index (χ0n) is 22.1. The molecule has 0 spiro atoms. The molecule has 0 atom stereocenters. The van der Waals surface area contributed by atoms with Gasteiger partial charge in [0.25, 0.3) is 5.56 Å². The second kappa shape index (κ2) is 10.2. The summed E-state index contributed by atoms with van der Waals surface area (Å²) in [7, 11) is 1.70. The molecule has 0 amide bonds. The van der Waals surface area contributed by atoms with Crippen molar-refractivity contribution in [2.24, 2.45) is 7.05 Å². The highest BCUT2D eigenvalue weighted by molar-refractivity contribution is 6.02. The summed E-state index contributed by atoms with van der Waals surface area (Å²) in [5.41, 5.74) is 4.77. The van der Waals surface area contributed by atoms with Crippen molar-refractivity contribution in [2.75, 3.05) is 0 Å². The molecule has 0 radical (unpaired) electrons. The van der Waals surface area contributed by atoms with Gasteiger partial charge in [-0.1, -0.05) is 55.8 Å². The van der Waals surface area contributed by atoms with Gasteiger partial charge in [-0.25, -0.2) is 9.78 Å². The molecule has 0 aliphatic carbocycles. The van der Waals surface area contributed by atoms with E-state index in [1.165, 1.54) is 4.57 Å². The molecule has 40 heavy (non-hydrogen) atoms. The van der Waals surface area contributed by atoms with Crippen LogP contribution < -0.4 is 5.56 Å². The molecule has 6 rings (SSSR count). The van der Waals surface area contributed by atoms with Crippen molar-refractivity contribution in [3.05, 3.63) is 93.9 Å². The van der Waals surface area contributed by atoms with E-state index < -0.39 is 5.97 Å². The van der Waals surface area contributed by atoms with Crippen LogP contribution >= 0.6 is 0 Å². The number of aromatic carboxylic acids is 1. The summed E-state index contributed by atoms with van der Waals surface area (Å²) in [6, 6.07) is 20.6. The molecular weight excluding hydrogens is 506 g/mol. The maximum absolute atomic E-state index is 13.4. The third-order valence-electron chi connectivity index (χ3n) is 7.26. The number of hydrogen-bond donors (Lipinski definition) is 2. The monoisotopic (exact) mass is 533 g/mol. The summed E-state index contributed by atoms with van der Waals surface area (Å²) in [5.74, 6) is -0.0640. The van der Waals surface area contributed by atoms with Crippen molar-refractivity contribution in [1.29, 1.82) is 0 Å². The average molecular weight is 534 g/mol. The van der Waals surface area contributed by atoms with Gasteiger partial charge in [0.1, 0.15) is 5.82 Å². The summed E-state index contributed by atoms with van der Waals surface area (Å²) in [4.78, 5) is 30.4. The van der Waals surface area contributed by atoms with E-state index in [1.807, 2.05) is 42.5 Å². The van der Waals surface area contributed by atoms with E-state index in [0.29, 0.717) is 45.7 Å². The molecule has 0 aliphatic rings. The zero-order valence-corrected chi connectivity index (χ0v) is 22.1. The van der Waals surface area contributed by atoms with Crippen molar-refractivity contribution in [3.63, 3.8) is 0 Å². The van der Waals surface area contributed by atoms with E-state index in [0.717, 1.165) is 35.9 Å². The van der Waals surface area contributed by atoms with E-state index >= 15 is 0 Å². The number of aryl methyl sites for hydroxylation is 1. The quantitative estimate of drug-likeness (QED) is 0.287. The molecule has 10 heteroatoms. The molecule has 2 N–H and O–H groups in total. The number of aromatic nitrogens is 7. The standard InChI is InChI=1S/C30H27N7O3/c1-3-4-9-20-16-19-8-7-12-24(30(39)40)26(19)37(20)17-18-13-14-23-25(15-18)31-28(36(2)29(23)38)22-11-6-5-10-21(22)27-32-34-35-33-27/h5-8,10-16H,3-4,9,17H2,1-2H3,(H,39,40)(H,32,33,34,35). The number of rotatable bonds is 8. The van der Waals surface area contributed by atoms with Gasteiger partial charge in [0.15, 0.2) is 0 Å². The second-order valence-corrected chi connectivity index (χ2v) is 9.81. The fourth-order valence-electron chi connectivity index (χ4n) is 5.29. The number of carboxylic acid groups (broad SMARTS) is 1. The predicted octanol–water partition coefficient (Wildman–Crippen LogP) is 4.82. The first-order chi connectivity index (χ1) is 19.5. The van der Waals surface area contributed by atoms with Gasteiger partial charge in [-0.15, -0.1) is 10.2 Å². The first-order valence-corrected chi connectivity index (χ1v) is 13.1. The fourth-order valence-corrected chi connectivity index (χ4v) is 5.29. The van der Waals surface area contributed by atoms with Crippen LogP contribution in [-0.2, 0) is 20.0 Å². The van der Waals surface area contributed by atoms with Gasteiger partial charge in [-0.2, -0.15) is 5.21 Å². The van der Waals surface area contributed by atoms with Crippen LogP contribution in [0.4, 0.5) is 0 Å². The minimum absolute atomic E-state index is 0.169. The summed E-state index contributed by atoms with van der Waals surface area (Å²) in [6.07, 6.45) is 2.87. The fraction of sp³-hybridized carbons (Fsp3) is 0.200. The largest absolute Gasteiger partial charge is 0.478 e. The Hall–Kier alpha value is -5.12. The molecule has 3 aromatic heterocycles. The first kappa shape index (κ1) is 25.2. The van der Waals surface area contributed by atoms with Crippen molar-refractivity contribution < 1.29 is 9.90 Å². The summed E-state index contributed by atoms with van der Waals surface area (Å²) < 4.78 is 3.62. The van der Waals surface area contributed by atoms with E-state index in [4.69, 9.17) is 4.98 Å². The molecule has 10 nitrogen and oxygen atoms in total. The number of H-pyrrole nitrogens is 1. The topological polar surface area (TPSA) is 132 Å². The molecule has 0 aliphatic heterocycles. The molecule has 0 fully saturated rings. The Kier molecular flexibility index (Phi) is 6.43. The average Bonchev–Trinajstić information content (AvgIpc) is 3.62. The van der Waals surface area contributed by atoms with E-state index in [2.05, 4.69) is 38.2 Å². The summed E-state index contributed by atoms with van der Waals surface area (Å²) in [6.45, 7) is 2.59. The molecule has 0 unspecified atom stereocenters. The summed E-state index contributed by atoms with van der Waals surface area (Å²) >= 11 is 0. The number of aromatic amines is 1. The van der Waals surface area contributed by atoms with Gasteiger partial charge in [0, 0.05) is 35.8 Å². The zero-order chi connectivity index (χ0) is 27.8. The number of carboxylic acids is 1. The SMILES string of the molecule is CCCCc1cc2cccc(C(=O)O)c2n1Cc1ccc2c(=O)n(C)c(-c3ccccc3-c3nn[nH]n3)nc2c1. The van der Waals surface area contributed by atoms with Gasteiger partial charge in [-0.05, 0) is 47.9 Å². The minimum Gasteiger partial charge on any atom is -0.478 e. The van der Waals surface area contributed by atoms with Gasteiger partial charge >= 0.3 is 5.97 Å². The van der Waals surface area contributed by atoms with Crippen molar-refractivity contribution >= 4 is 27.8 Å². The maximum Gasteiger partial charge on any atom is 0.337 e. The lowest BCUT2D eigenvalue weighted by atomic mass is 10.1. The Morgan fingerprint density at radius 1 is 1.02 bits per heavy atom. The number of benzene rings is 3. The highest BCUT2D eigenvalue weighted by Crippen LogP contribution is 2.30. The van der Waals surface area contributed by atoms with Crippen molar-refractivity contribution in [2.45, 2.75) is 32.7 Å². The van der Waals surface area contributed by atoms with Gasteiger partial charge < -0.3 is 9.67 Å². The smallest absolute Gasteiger partial charge is 0.337 e. The third kappa shape index (κ3) is 4.33. The van der Waals surface area contributed by atoms with Crippen LogP contribution in [-0.4, -0.2) is 45.8 Å². The molecule has 3 heterocycles. The van der Waals surface area contributed by atoms with Gasteiger partial charge in [0.05, 0.1) is 22.0 Å². The minimum atomic E-state index is -0.958. The number of tetrazole rings is 1. The number of carbonyl (C=O) groups is 1. The highest BCUT2D eigenvalue weighted by atomic mass is 16.4. The maximum atomic E-state index is 13.4. The van der Waals surface area contributed by atoms with Crippen LogP contribution in [0.1, 0.15) is 41.4 Å². The lowest BCUT2D eigenvalue weighted by Crippen LogP contribution is -2.20. The first-order valence-electron chi connectivity index (χ1n) is 13.1. The Balaban J connectivity index is 1.49. The Labute approximate surface area is 228 Å². The van der Waals surface area contributed by atoms with Crippen LogP contribution in [0.3, 0.4) is 0 Å². The van der Waals surface area contributed by atoms with E-state index in [9.17, 15) is 14.7 Å². The lowest BCUT2D eigenvalue weighted by Gasteiger charge is -2.14.